The molecular formula is C15H24F2IN7. The molecule has 0 aromatic carbocycles. The van der Waals surface area contributed by atoms with Gasteiger partial charge >= 0.3 is 6.55 Å². The summed E-state index contributed by atoms with van der Waals surface area (Å²) < 4.78 is 28.3. The minimum atomic E-state index is -2.60. The highest BCUT2D eigenvalue weighted by molar-refractivity contribution is 14.0. The van der Waals surface area contributed by atoms with Crippen molar-refractivity contribution < 1.29 is 8.78 Å². The van der Waals surface area contributed by atoms with Gasteiger partial charge in [0.1, 0.15) is 5.82 Å². The van der Waals surface area contributed by atoms with E-state index in [1.165, 1.54) is 12.4 Å². The highest BCUT2D eigenvalue weighted by atomic mass is 127. The van der Waals surface area contributed by atoms with E-state index in [0.717, 1.165) is 28.9 Å². The van der Waals surface area contributed by atoms with E-state index in [9.17, 15) is 8.78 Å². The van der Waals surface area contributed by atoms with Crippen LogP contribution in [0.4, 0.5) is 8.78 Å². The number of nitrogens with one attached hydrogen (secondary N) is 2. The van der Waals surface area contributed by atoms with E-state index in [1.807, 2.05) is 24.6 Å². The number of rotatable bonds is 7. The zero-order chi connectivity index (χ0) is 17.5. The first-order chi connectivity index (χ1) is 11.5. The first-order valence-corrected chi connectivity index (χ1v) is 7.76. The highest BCUT2D eigenvalue weighted by Crippen LogP contribution is 2.11. The van der Waals surface area contributed by atoms with Gasteiger partial charge in [-0.15, -0.1) is 24.0 Å². The van der Waals surface area contributed by atoms with Gasteiger partial charge in [0, 0.05) is 38.2 Å². The minimum absolute atomic E-state index is 0. The van der Waals surface area contributed by atoms with Crippen molar-refractivity contribution in [3.63, 3.8) is 0 Å². The van der Waals surface area contributed by atoms with Crippen molar-refractivity contribution in [2.45, 2.75) is 39.9 Å². The monoisotopic (exact) mass is 467 g/mol. The number of aliphatic imine (C=N–C) groups is 1. The van der Waals surface area contributed by atoms with Gasteiger partial charge in [0.05, 0.1) is 12.2 Å². The molecule has 2 heterocycles. The van der Waals surface area contributed by atoms with Gasteiger partial charge in [-0.25, -0.2) is 4.98 Å². The van der Waals surface area contributed by atoms with Crippen molar-refractivity contribution in [2.24, 2.45) is 4.99 Å². The predicted octanol–water partition coefficient (Wildman–Crippen LogP) is 2.46. The maximum Gasteiger partial charge on any atom is 0.319 e. The summed E-state index contributed by atoms with van der Waals surface area (Å²) in [7, 11) is 1.63. The Bertz CT molecular complexity index is 681. The summed E-state index contributed by atoms with van der Waals surface area (Å²) in [5.74, 6) is 0.808. The van der Waals surface area contributed by atoms with Crippen LogP contribution in [0.1, 0.15) is 30.2 Å². The molecule has 140 valence electrons. The molecule has 0 bridgehead atoms. The second-order valence-corrected chi connectivity index (χ2v) is 5.38. The molecule has 0 spiro atoms. The van der Waals surface area contributed by atoms with Crippen LogP contribution < -0.4 is 10.6 Å². The van der Waals surface area contributed by atoms with Gasteiger partial charge < -0.3 is 10.6 Å². The smallest absolute Gasteiger partial charge is 0.319 e. The van der Waals surface area contributed by atoms with Crippen LogP contribution in [-0.2, 0) is 13.1 Å². The Hall–Kier alpha value is -1.72. The van der Waals surface area contributed by atoms with Gasteiger partial charge in [-0.05, 0) is 26.3 Å². The number of alkyl halides is 2. The van der Waals surface area contributed by atoms with Crippen molar-refractivity contribution in [2.75, 3.05) is 13.6 Å². The summed E-state index contributed by atoms with van der Waals surface area (Å²) in [6.45, 7) is 3.07. The first kappa shape index (κ1) is 21.3. The molecule has 0 amide bonds. The van der Waals surface area contributed by atoms with Crippen LogP contribution in [0, 0.1) is 13.8 Å². The Morgan fingerprint density at radius 1 is 1.32 bits per heavy atom. The summed E-state index contributed by atoms with van der Waals surface area (Å²) in [5, 5.41) is 10.5. The topological polar surface area (TPSA) is 72.1 Å². The Labute approximate surface area is 162 Å². The number of guanidine groups is 1. The van der Waals surface area contributed by atoms with Gasteiger partial charge in [0.2, 0.25) is 0 Å². The van der Waals surface area contributed by atoms with Crippen LogP contribution in [0.15, 0.2) is 23.5 Å². The van der Waals surface area contributed by atoms with E-state index in [4.69, 9.17) is 0 Å². The Morgan fingerprint density at radius 2 is 2.08 bits per heavy atom. The average molecular weight is 467 g/mol. The molecule has 0 aliphatic heterocycles. The molecule has 0 atom stereocenters. The predicted molar refractivity (Wildman–Crippen MR) is 103 cm³/mol. The molecule has 0 saturated carbocycles. The molecule has 2 N–H and O–H groups in total. The molecule has 0 aliphatic rings. The summed E-state index contributed by atoms with van der Waals surface area (Å²) in [6, 6.07) is 2.04. The van der Waals surface area contributed by atoms with Crippen molar-refractivity contribution in [3.8, 4) is 0 Å². The van der Waals surface area contributed by atoms with Crippen molar-refractivity contribution in [1.82, 2.24) is 30.0 Å². The SMILES string of the molecule is CN=C(NCCCn1nc(C)cc1C)NCc1nccn1C(F)F.I. The second-order valence-electron chi connectivity index (χ2n) is 5.38. The summed E-state index contributed by atoms with van der Waals surface area (Å²) in [4.78, 5) is 7.99. The van der Waals surface area contributed by atoms with E-state index in [-0.39, 0.29) is 36.3 Å². The van der Waals surface area contributed by atoms with Gasteiger partial charge in [-0.2, -0.15) is 13.9 Å². The largest absolute Gasteiger partial charge is 0.356 e. The third-order valence-corrected chi connectivity index (χ3v) is 3.54. The van der Waals surface area contributed by atoms with Crippen molar-refractivity contribution in [3.05, 3.63) is 35.7 Å². The van der Waals surface area contributed by atoms with E-state index in [0.29, 0.717) is 12.5 Å². The lowest BCUT2D eigenvalue weighted by Crippen LogP contribution is -2.38. The van der Waals surface area contributed by atoms with Crippen molar-refractivity contribution >= 4 is 29.9 Å². The lowest BCUT2D eigenvalue weighted by atomic mass is 10.4. The first-order valence-electron chi connectivity index (χ1n) is 7.76. The molecule has 25 heavy (non-hydrogen) atoms. The average Bonchev–Trinajstić information content (AvgIpc) is 3.13. The maximum atomic E-state index is 12.8. The maximum absolute atomic E-state index is 12.8. The number of aryl methyl sites for hydroxylation is 3. The number of aromatic nitrogens is 4. The van der Waals surface area contributed by atoms with E-state index in [2.05, 4.69) is 25.7 Å². The lowest BCUT2D eigenvalue weighted by Gasteiger charge is -2.13. The molecule has 2 aromatic rings. The Kier molecular flexibility index (Phi) is 8.79. The van der Waals surface area contributed by atoms with Crippen LogP contribution in [0.5, 0.6) is 0 Å². The van der Waals surface area contributed by atoms with Crippen molar-refractivity contribution in [1.29, 1.82) is 0 Å². The summed E-state index contributed by atoms with van der Waals surface area (Å²) in [5.41, 5.74) is 2.14. The minimum Gasteiger partial charge on any atom is -0.356 e. The van der Waals surface area contributed by atoms with Gasteiger partial charge in [0.15, 0.2) is 5.96 Å². The van der Waals surface area contributed by atoms with Gasteiger partial charge in [0.25, 0.3) is 0 Å². The normalized spacial score (nSPS) is 11.5. The molecule has 0 unspecified atom stereocenters. The molecule has 2 aromatic heterocycles. The fraction of sp³-hybridized carbons (Fsp3) is 0.533. The fourth-order valence-electron chi connectivity index (χ4n) is 2.38. The molecule has 2 rings (SSSR count). The summed E-state index contributed by atoms with van der Waals surface area (Å²) in [6.07, 6.45) is 3.48. The van der Waals surface area contributed by atoms with Crippen LogP contribution in [-0.4, -0.2) is 38.9 Å². The molecule has 0 fully saturated rings. The Morgan fingerprint density at radius 3 is 2.68 bits per heavy atom. The van der Waals surface area contributed by atoms with E-state index in [1.54, 1.807) is 7.05 Å². The quantitative estimate of drug-likeness (QED) is 0.284. The van der Waals surface area contributed by atoms with Gasteiger partial charge in [-0.3, -0.25) is 14.2 Å². The number of nitrogens with zero attached hydrogens (tertiary/aromatic N) is 5. The Balaban J connectivity index is 0.00000312. The lowest BCUT2D eigenvalue weighted by molar-refractivity contribution is 0.0668. The van der Waals surface area contributed by atoms with E-state index >= 15 is 0 Å². The van der Waals surface area contributed by atoms with Crippen LogP contribution >= 0.6 is 24.0 Å². The number of halogens is 3. The summed E-state index contributed by atoms with van der Waals surface area (Å²) >= 11 is 0. The zero-order valence-corrected chi connectivity index (χ0v) is 16.9. The number of imidazole rings is 1. The standard InChI is InChI=1S/C15H23F2N7.HI/c1-11-9-12(2)24(22-11)7-4-5-20-15(18-3)21-10-13-19-6-8-23(13)14(16)17;/h6,8-9,14H,4-5,7,10H2,1-3H3,(H2,18,20,21);1H. The van der Waals surface area contributed by atoms with Gasteiger partial charge in [-0.1, -0.05) is 0 Å². The zero-order valence-electron chi connectivity index (χ0n) is 14.5. The molecule has 0 radical (unpaired) electrons. The molecule has 0 aliphatic carbocycles. The van der Waals surface area contributed by atoms with Crippen LogP contribution in [0.3, 0.4) is 0 Å². The second kappa shape index (κ2) is 10.3. The van der Waals surface area contributed by atoms with Crippen LogP contribution in [0.25, 0.3) is 0 Å². The molecule has 7 nitrogen and oxygen atoms in total. The van der Waals surface area contributed by atoms with Crippen LogP contribution in [0.2, 0.25) is 0 Å². The third-order valence-electron chi connectivity index (χ3n) is 3.54. The fourth-order valence-corrected chi connectivity index (χ4v) is 2.38. The molecule has 10 heteroatoms. The molecule has 0 saturated heterocycles. The third kappa shape index (κ3) is 6.25. The molecular weight excluding hydrogens is 443 g/mol. The number of hydrogen-bond donors (Lipinski definition) is 2. The number of hydrogen-bond acceptors (Lipinski definition) is 3. The highest BCUT2D eigenvalue weighted by Gasteiger charge is 2.11. The van der Waals surface area contributed by atoms with E-state index < -0.39 is 6.55 Å².